The van der Waals surface area contributed by atoms with Crippen molar-refractivity contribution in [2.24, 2.45) is 11.1 Å². The van der Waals surface area contributed by atoms with E-state index in [1.165, 1.54) is 5.56 Å². The van der Waals surface area contributed by atoms with E-state index in [0.717, 1.165) is 18.4 Å². The number of hydrogen-bond donors (Lipinski definition) is 1. The predicted molar refractivity (Wildman–Crippen MR) is 97.8 cm³/mol. The topological polar surface area (TPSA) is 66.6 Å². The molecule has 5 nitrogen and oxygen atoms in total. The number of benzene rings is 1. The first-order valence-electron chi connectivity index (χ1n) is 9.18. The minimum atomic E-state index is -0.159. The van der Waals surface area contributed by atoms with Gasteiger partial charge in [0.2, 0.25) is 11.8 Å². The molecule has 25 heavy (non-hydrogen) atoms. The smallest absolute Gasteiger partial charge is 0.225 e. The average molecular weight is 343 g/mol. The number of likely N-dealkylation sites (tertiary alicyclic amines) is 1. The second-order valence-corrected chi connectivity index (χ2v) is 8.08. The Kier molecular flexibility index (Phi) is 4.87. The van der Waals surface area contributed by atoms with Crippen molar-refractivity contribution >= 4 is 11.8 Å². The van der Waals surface area contributed by atoms with Gasteiger partial charge in [-0.2, -0.15) is 0 Å². The number of rotatable bonds is 2. The van der Waals surface area contributed by atoms with Crippen LogP contribution in [0.1, 0.15) is 50.8 Å². The number of amides is 2. The Hall–Kier alpha value is -1.88. The molecule has 3 rings (SSSR count). The van der Waals surface area contributed by atoms with Gasteiger partial charge in [-0.15, -0.1) is 0 Å². The summed E-state index contributed by atoms with van der Waals surface area (Å²) in [6, 6.07) is 8.14. The number of carbonyl (C=O) groups is 2. The fourth-order valence-corrected chi connectivity index (χ4v) is 4.13. The van der Waals surface area contributed by atoms with Crippen LogP contribution in [0.15, 0.2) is 24.3 Å². The molecule has 2 amide bonds. The lowest BCUT2D eigenvalue weighted by Crippen LogP contribution is -2.54. The molecule has 0 radical (unpaired) electrons. The molecule has 0 aliphatic carbocycles. The van der Waals surface area contributed by atoms with E-state index in [1.807, 2.05) is 21.9 Å². The molecule has 2 aliphatic rings. The Morgan fingerprint density at radius 3 is 2.64 bits per heavy atom. The summed E-state index contributed by atoms with van der Waals surface area (Å²) in [7, 11) is 0. The molecule has 136 valence electrons. The highest BCUT2D eigenvalue weighted by Gasteiger charge is 2.37. The van der Waals surface area contributed by atoms with Crippen molar-refractivity contribution in [3.63, 3.8) is 0 Å². The van der Waals surface area contributed by atoms with Crippen LogP contribution in [0.25, 0.3) is 0 Å². The Balaban J connectivity index is 1.80. The maximum Gasteiger partial charge on any atom is 0.225 e. The summed E-state index contributed by atoms with van der Waals surface area (Å²) < 4.78 is 0. The third kappa shape index (κ3) is 3.56. The van der Waals surface area contributed by atoms with E-state index in [0.29, 0.717) is 26.1 Å². The first-order chi connectivity index (χ1) is 11.8. The monoisotopic (exact) mass is 343 g/mol. The van der Waals surface area contributed by atoms with E-state index in [9.17, 15) is 9.59 Å². The SMILES string of the molecule is CC(=O)N1CCc2ccccc2C1CC(=O)N1CCC(N)C(C)(C)C1. The minimum absolute atomic E-state index is 0.0355. The van der Waals surface area contributed by atoms with Gasteiger partial charge in [-0.25, -0.2) is 0 Å². The predicted octanol–water partition coefficient (Wildman–Crippen LogP) is 2.11. The van der Waals surface area contributed by atoms with Gasteiger partial charge in [0.1, 0.15) is 0 Å². The second-order valence-electron chi connectivity index (χ2n) is 8.08. The zero-order valence-electron chi connectivity index (χ0n) is 15.5. The van der Waals surface area contributed by atoms with Gasteiger partial charge in [0.25, 0.3) is 0 Å². The largest absolute Gasteiger partial charge is 0.342 e. The summed E-state index contributed by atoms with van der Waals surface area (Å²) in [5.74, 6) is 0.154. The van der Waals surface area contributed by atoms with Gasteiger partial charge in [-0.05, 0) is 29.4 Å². The van der Waals surface area contributed by atoms with E-state index < -0.39 is 0 Å². The molecule has 0 bridgehead atoms. The third-order valence-corrected chi connectivity index (χ3v) is 5.85. The van der Waals surface area contributed by atoms with Crippen molar-refractivity contribution < 1.29 is 9.59 Å². The van der Waals surface area contributed by atoms with Gasteiger partial charge >= 0.3 is 0 Å². The number of hydrogen-bond acceptors (Lipinski definition) is 3. The van der Waals surface area contributed by atoms with Crippen LogP contribution in [0, 0.1) is 5.41 Å². The molecule has 0 aromatic heterocycles. The molecular weight excluding hydrogens is 314 g/mol. The van der Waals surface area contributed by atoms with E-state index in [2.05, 4.69) is 26.0 Å². The summed E-state index contributed by atoms with van der Waals surface area (Å²) >= 11 is 0. The zero-order valence-corrected chi connectivity index (χ0v) is 15.5. The molecule has 2 unspecified atom stereocenters. The Morgan fingerprint density at radius 2 is 1.96 bits per heavy atom. The molecular formula is C20H29N3O2. The van der Waals surface area contributed by atoms with Crippen LogP contribution in [0.5, 0.6) is 0 Å². The fraction of sp³-hybridized carbons (Fsp3) is 0.600. The first-order valence-corrected chi connectivity index (χ1v) is 9.18. The summed E-state index contributed by atoms with van der Waals surface area (Å²) in [5.41, 5.74) is 8.49. The molecule has 1 aromatic rings. The molecule has 1 aromatic carbocycles. The van der Waals surface area contributed by atoms with Gasteiger partial charge in [0.05, 0.1) is 12.5 Å². The normalized spacial score (nSPS) is 25.4. The van der Waals surface area contributed by atoms with Crippen LogP contribution in [0.4, 0.5) is 0 Å². The molecule has 0 saturated carbocycles. The van der Waals surface area contributed by atoms with E-state index >= 15 is 0 Å². The summed E-state index contributed by atoms with van der Waals surface area (Å²) in [6.45, 7) is 7.90. The van der Waals surface area contributed by atoms with Crippen LogP contribution in [0.2, 0.25) is 0 Å². The van der Waals surface area contributed by atoms with Gasteiger partial charge < -0.3 is 15.5 Å². The molecule has 0 spiro atoms. The van der Waals surface area contributed by atoms with E-state index in [1.54, 1.807) is 6.92 Å². The third-order valence-electron chi connectivity index (χ3n) is 5.85. The lowest BCUT2D eigenvalue weighted by molar-refractivity contribution is -0.138. The van der Waals surface area contributed by atoms with E-state index in [-0.39, 0.29) is 29.3 Å². The second kappa shape index (κ2) is 6.79. The van der Waals surface area contributed by atoms with Crippen molar-refractivity contribution in [1.29, 1.82) is 0 Å². The van der Waals surface area contributed by atoms with Crippen molar-refractivity contribution in [3.8, 4) is 0 Å². The number of carbonyl (C=O) groups excluding carboxylic acids is 2. The van der Waals surface area contributed by atoms with Crippen molar-refractivity contribution in [2.45, 2.75) is 52.1 Å². The van der Waals surface area contributed by atoms with Crippen LogP contribution >= 0.6 is 0 Å². The molecule has 1 fully saturated rings. The maximum absolute atomic E-state index is 13.0. The minimum Gasteiger partial charge on any atom is -0.342 e. The van der Waals surface area contributed by atoms with Gasteiger partial charge in [-0.3, -0.25) is 9.59 Å². The average Bonchev–Trinajstić information content (AvgIpc) is 2.57. The number of nitrogens with zero attached hydrogens (tertiary/aromatic N) is 2. The lowest BCUT2D eigenvalue weighted by Gasteiger charge is -2.44. The van der Waals surface area contributed by atoms with Crippen LogP contribution < -0.4 is 5.73 Å². The van der Waals surface area contributed by atoms with Gasteiger partial charge in [0.15, 0.2) is 0 Å². The zero-order chi connectivity index (χ0) is 18.2. The van der Waals surface area contributed by atoms with E-state index in [4.69, 9.17) is 5.73 Å². The highest BCUT2D eigenvalue weighted by molar-refractivity contribution is 5.80. The number of fused-ring (bicyclic) bond motifs is 1. The molecule has 2 N–H and O–H groups in total. The molecule has 5 heteroatoms. The highest BCUT2D eigenvalue weighted by Crippen LogP contribution is 2.34. The van der Waals surface area contributed by atoms with Gasteiger partial charge in [0, 0.05) is 32.6 Å². The number of nitrogens with two attached hydrogens (primary N) is 1. The van der Waals surface area contributed by atoms with Crippen molar-refractivity contribution in [1.82, 2.24) is 9.80 Å². The molecule has 1 saturated heterocycles. The van der Waals surface area contributed by atoms with Crippen LogP contribution in [-0.4, -0.2) is 47.3 Å². The number of piperidine rings is 1. The van der Waals surface area contributed by atoms with Crippen LogP contribution in [0.3, 0.4) is 0 Å². The standard InChI is InChI=1S/C20H29N3O2/c1-14(24)23-11-8-15-6-4-5-7-16(15)17(23)12-19(25)22-10-9-18(21)20(2,3)13-22/h4-7,17-18H,8-13,21H2,1-3H3. The Labute approximate surface area is 150 Å². The van der Waals surface area contributed by atoms with Crippen LogP contribution in [-0.2, 0) is 16.0 Å². The summed E-state index contributed by atoms with van der Waals surface area (Å²) in [6.07, 6.45) is 2.03. The van der Waals surface area contributed by atoms with Crippen molar-refractivity contribution in [2.75, 3.05) is 19.6 Å². The quantitative estimate of drug-likeness (QED) is 0.894. The maximum atomic E-state index is 13.0. The van der Waals surface area contributed by atoms with Crippen molar-refractivity contribution in [3.05, 3.63) is 35.4 Å². The molecule has 2 atom stereocenters. The molecule has 2 heterocycles. The first kappa shape index (κ1) is 17.9. The summed E-state index contributed by atoms with van der Waals surface area (Å²) in [4.78, 5) is 28.9. The Bertz CT molecular complexity index is 671. The Morgan fingerprint density at radius 1 is 1.24 bits per heavy atom. The molecule has 2 aliphatic heterocycles. The fourth-order valence-electron chi connectivity index (χ4n) is 4.13. The highest BCUT2D eigenvalue weighted by atomic mass is 16.2. The van der Waals surface area contributed by atoms with Gasteiger partial charge in [-0.1, -0.05) is 38.1 Å². The lowest BCUT2D eigenvalue weighted by atomic mass is 9.79. The summed E-state index contributed by atoms with van der Waals surface area (Å²) in [5, 5.41) is 0.